The molecule has 0 amide bonds. The average molecular weight is 265 g/mol. The first-order valence-electron chi connectivity index (χ1n) is 7.13. The van der Waals surface area contributed by atoms with E-state index in [9.17, 15) is 4.39 Å². The Morgan fingerprint density at radius 1 is 1.37 bits per heavy atom. The Balaban J connectivity index is 2.32. The van der Waals surface area contributed by atoms with Crippen molar-refractivity contribution in [2.45, 2.75) is 32.1 Å². The number of methoxy groups -OCH3 is 1. The van der Waals surface area contributed by atoms with Gasteiger partial charge in [-0.2, -0.15) is 0 Å². The maximum atomic E-state index is 13.6. The number of benzene rings is 1. The van der Waals surface area contributed by atoms with E-state index in [1.54, 1.807) is 19.2 Å². The number of nitrogens with one attached hydrogen (secondary N) is 1. The van der Waals surface area contributed by atoms with Gasteiger partial charge in [-0.1, -0.05) is 13.3 Å². The van der Waals surface area contributed by atoms with E-state index < -0.39 is 0 Å². The van der Waals surface area contributed by atoms with Gasteiger partial charge in [0.1, 0.15) is 11.6 Å². The molecule has 2 rings (SSSR count). The summed E-state index contributed by atoms with van der Waals surface area (Å²) in [6.07, 6.45) is 3.58. The molecule has 0 radical (unpaired) electrons. The standard InChI is InChI=1S/C16H24FNO/c1-11-4-5-12(10-18-2)14(8-11)15-9-13(17)6-7-16(15)19-3/h6-7,9,11-12,14,18H,4-5,8,10H2,1-3H3. The average Bonchev–Trinajstić information content (AvgIpc) is 2.41. The summed E-state index contributed by atoms with van der Waals surface area (Å²) in [6.45, 7) is 3.27. The third-order valence-electron chi connectivity index (χ3n) is 4.31. The van der Waals surface area contributed by atoms with E-state index in [0.717, 1.165) is 24.3 Å². The second-order valence-electron chi connectivity index (χ2n) is 5.73. The molecule has 1 aromatic rings. The van der Waals surface area contributed by atoms with Crippen LogP contribution in [0.15, 0.2) is 18.2 Å². The van der Waals surface area contributed by atoms with Crippen LogP contribution < -0.4 is 10.1 Å². The molecule has 1 aliphatic carbocycles. The highest BCUT2D eigenvalue weighted by Crippen LogP contribution is 2.43. The number of hydrogen-bond acceptors (Lipinski definition) is 2. The Labute approximate surface area is 115 Å². The van der Waals surface area contributed by atoms with Gasteiger partial charge in [-0.3, -0.25) is 0 Å². The van der Waals surface area contributed by atoms with E-state index >= 15 is 0 Å². The molecule has 0 spiro atoms. The fourth-order valence-electron chi connectivity index (χ4n) is 3.33. The molecule has 3 heteroatoms. The van der Waals surface area contributed by atoms with Gasteiger partial charge < -0.3 is 10.1 Å². The highest BCUT2D eigenvalue weighted by atomic mass is 19.1. The molecular formula is C16H24FNO. The van der Waals surface area contributed by atoms with Gasteiger partial charge in [-0.15, -0.1) is 0 Å². The van der Waals surface area contributed by atoms with E-state index in [1.807, 2.05) is 7.05 Å². The number of halogens is 1. The van der Waals surface area contributed by atoms with Gasteiger partial charge >= 0.3 is 0 Å². The van der Waals surface area contributed by atoms with Crippen LogP contribution in [0.4, 0.5) is 4.39 Å². The predicted octanol–water partition coefficient (Wildman–Crippen LogP) is 3.57. The van der Waals surface area contributed by atoms with Crippen molar-refractivity contribution in [2.24, 2.45) is 11.8 Å². The van der Waals surface area contributed by atoms with Gasteiger partial charge in [-0.25, -0.2) is 4.39 Å². The van der Waals surface area contributed by atoms with Crippen molar-refractivity contribution in [3.8, 4) is 5.75 Å². The van der Waals surface area contributed by atoms with Crippen molar-refractivity contribution in [1.29, 1.82) is 0 Å². The fraction of sp³-hybridized carbons (Fsp3) is 0.625. The van der Waals surface area contributed by atoms with Crippen LogP contribution in [0.1, 0.15) is 37.7 Å². The zero-order valence-corrected chi connectivity index (χ0v) is 12.1. The van der Waals surface area contributed by atoms with Crippen LogP contribution >= 0.6 is 0 Å². The first-order chi connectivity index (χ1) is 9.15. The third kappa shape index (κ3) is 3.27. The summed E-state index contributed by atoms with van der Waals surface area (Å²) in [7, 11) is 3.65. The summed E-state index contributed by atoms with van der Waals surface area (Å²) in [5, 5.41) is 3.27. The van der Waals surface area contributed by atoms with Gasteiger partial charge in [0.25, 0.3) is 0 Å². The largest absolute Gasteiger partial charge is 0.496 e. The van der Waals surface area contributed by atoms with Crippen molar-refractivity contribution in [2.75, 3.05) is 20.7 Å². The fourth-order valence-corrected chi connectivity index (χ4v) is 3.33. The Morgan fingerprint density at radius 2 is 2.16 bits per heavy atom. The molecule has 0 saturated heterocycles. The lowest BCUT2D eigenvalue weighted by Gasteiger charge is -2.36. The zero-order valence-electron chi connectivity index (χ0n) is 12.1. The second kappa shape index (κ2) is 6.38. The van der Waals surface area contributed by atoms with Crippen LogP contribution in [0.2, 0.25) is 0 Å². The summed E-state index contributed by atoms with van der Waals surface area (Å²) in [5.41, 5.74) is 1.04. The van der Waals surface area contributed by atoms with Crippen LogP contribution in [0.5, 0.6) is 5.75 Å². The molecule has 1 saturated carbocycles. The third-order valence-corrected chi connectivity index (χ3v) is 4.31. The van der Waals surface area contributed by atoms with Gasteiger partial charge in [0.05, 0.1) is 7.11 Å². The van der Waals surface area contributed by atoms with Crippen LogP contribution in [-0.2, 0) is 0 Å². The van der Waals surface area contributed by atoms with Crippen molar-refractivity contribution in [1.82, 2.24) is 5.32 Å². The van der Waals surface area contributed by atoms with Gasteiger partial charge in [0, 0.05) is 5.56 Å². The van der Waals surface area contributed by atoms with Crippen LogP contribution in [0.25, 0.3) is 0 Å². The highest BCUT2D eigenvalue weighted by molar-refractivity contribution is 5.37. The molecular weight excluding hydrogens is 241 g/mol. The molecule has 1 aromatic carbocycles. The topological polar surface area (TPSA) is 21.3 Å². The number of rotatable bonds is 4. The Kier molecular flexibility index (Phi) is 4.81. The molecule has 1 N–H and O–H groups in total. The highest BCUT2D eigenvalue weighted by Gasteiger charge is 2.31. The lowest BCUT2D eigenvalue weighted by molar-refractivity contribution is 0.240. The predicted molar refractivity (Wildman–Crippen MR) is 76.1 cm³/mol. The summed E-state index contributed by atoms with van der Waals surface area (Å²) in [4.78, 5) is 0. The normalized spacial score (nSPS) is 27.3. The molecule has 1 fully saturated rings. The zero-order chi connectivity index (χ0) is 13.8. The van der Waals surface area contributed by atoms with Crippen molar-refractivity contribution >= 4 is 0 Å². The lowest BCUT2D eigenvalue weighted by atomic mass is 9.71. The second-order valence-corrected chi connectivity index (χ2v) is 5.73. The SMILES string of the molecule is CNCC1CCC(C)CC1c1cc(F)ccc1OC. The van der Waals surface area contributed by atoms with Crippen molar-refractivity contribution < 1.29 is 9.13 Å². The summed E-state index contributed by atoms with van der Waals surface area (Å²) in [5.74, 6) is 2.31. The number of ether oxygens (including phenoxy) is 1. The minimum atomic E-state index is -0.169. The summed E-state index contributed by atoms with van der Waals surface area (Å²) >= 11 is 0. The van der Waals surface area contributed by atoms with E-state index in [-0.39, 0.29) is 5.82 Å². The summed E-state index contributed by atoms with van der Waals surface area (Å²) < 4.78 is 19.0. The smallest absolute Gasteiger partial charge is 0.123 e. The van der Waals surface area contributed by atoms with Crippen molar-refractivity contribution in [3.63, 3.8) is 0 Å². The Bertz CT molecular complexity index is 421. The van der Waals surface area contributed by atoms with E-state index in [0.29, 0.717) is 17.8 Å². The van der Waals surface area contributed by atoms with E-state index in [4.69, 9.17) is 4.74 Å². The molecule has 1 aliphatic rings. The van der Waals surface area contributed by atoms with E-state index in [1.165, 1.54) is 18.9 Å². The van der Waals surface area contributed by atoms with Gasteiger partial charge in [-0.05, 0) is 62.4 Å². The van der Waals surface area contributed by atoms with Gasteiger partial charge in [0.2, 0.25) is 0 Å². The molecule has 106 valence electrons. The quantitative estimate of drug-likeness (QED) is 0.898. The van der Waals surface area contributed by atoms with Crippen LogP contribution in [0, 0.1) is 17.7 Å². The Morgan fingerprint density at radius 3 is 2.84 bits per heavy atom. The molecule has 3 atom stereocenters. The van der Waals surface area contributed by atoms with Crippen LogP contribution in [0.3, 0.4) is 0 Å². The molecule has 0 aliphatic heterocycles. The van der Waals surface area contributed by atoms with Crippen LogP contribution in [-0.4, -0.2) is 20.7 Å². The first kappa shape index (κ1) is 14.3. The molecule has 0 aromatic heterocycles. The molecule has 2 nitrogen and oxygen atoms in total. The van der Waals surface area contributed by atoms with Gasteiger partial charge in [0.15, 0.2) is 0 Å². The first-order valence-corrected chi connectivity index (χ1v) is 7.13. The molecule has 3 unspecified atom stereocenters. The maximum Gasteiger partial charge on any atom is 0.123 e. The minimum Gasteiger partial charge on any atom is -0.496 e. The van der Waals surface area contributed by atoms with Crippen molar-refractivity contribution in [3.05, 3.63) is 29.6 Å². The molecule has 0 bridgehead atoms. The Hall–Kier alpha value is -1.09. The maximum absolute atomic E-state index is 13.6. The lowest BCUT2D eigenvalue weighted by Crippen LogP contribution is -2.30. The monoisotopic (exact) mass is 265 g/mol. The summed E-state index contributed by atoms with van der Waals surface area (Å²) in [6, 6.07) is 4.88. The minimum absolute atomic E-state index is 0.169. The van der Waals surface area contributed by atoms with E-state index in [2.05, 4.69) is 12.2 Å². The molecule has 19 heavy (non-hydrogen) atoms. The number of hydrogen-bond donors (Lipinski definition) is 1. The molecule has 0 heterocycles.